The van der Waals surface area contributed by atoms with Gasteiger partial charge in [-0.15, -0.1) is 0 Å². The van der Waals surface area contributed by atoms with E-state index in [9.17, 15) is 0 Å². The summed E-state index contributed by atoms with van der Waals surface area (Å²) in [6.45, 7) is 2.13. The van der Waals surface area contributed by atoms with Crippen LogP contribution in [-0.4, -0.2) is 26.3 Å². The lowest BCUT2D eigenvalue weighted by Gasteiger charge is -2.16. The molecule has 1 N–H and O–H groups in total. The maximum Gasteiger partial charge on any atom is 0.0644 e. The van der Waals surface area contributed by atoms with Gasteiger partial charge in [0.15, 0.2) is 0 Å². The molecule has 0 aromatic heterocycles. The number of ether oxygens (including phenoxy) is 1. The summed E-state index contributed by atoms with van der Waals surface area (Å²) in [6, 6.07) is 0. The van der Waals surface area contributed by atoms with Crippen LogP contribution < -0.4 is 5.32 Å². The van der Waals surface area contributed by atoms with Gasteiger partial charge in [0.2, 0.25) is 0 Å². The normalized spacial score (nSPS) is 37.9. The van der Waals surface area contributed by atoms with E-state index >= 15 is 0 Å². The van der Waals surface area contributed by atoms with Crippen molar-refractivity contribution < 1.29 is 4.74 Å². The van der Waals surface area contributed by atoms with Crippen LogP contribution in [0.15, 0.2) is 0 Å². The minimum Gasteiger partial charge on any atom is -0.378 e. The van der Waals surface area contributed by atoms with E-state index in [2.05, 4.69) is 5.32 Å². The number of hydrogen-bond acceptors (Lipinski definition) is 2. The molecule has 2 rings (SSSR count). The molecule has 0 spiro atoms. The zero-order valence-corrected chi connectivity index (χ0v) is 7.18. The molecule has 2 atom stereocenters. The molecule has 0 radical (unpaired) electrons. The van der Waals surface area contributed by atoms with Gasteiger partial charge in [0.25, 0.3) is 0 Å². The van der Waals surface area contributed by atoms with Crippen molar-refractivity contribution in [2.75, 3.05) is 20.2 Å². The highest BCUT2D eigenvalue weighted by Gasteiger charge is 2.39. The Hall–Kier alpha value is -0.0800. The van der Waals surface area contributed by atoms with Crippen molar-refractivity contribution in [1.29, 1.82) is 0 Å². The van der Waals surface area contributed by atoms with Crippen LogP contribution >= 0.6 is 0 Å². The van der Waals surface area contributed by atoms with Crippen molar-refractivity contribution in [2.24, 2.45) is 11.8 Å². The first-order valence-electron chi connectivity index (χ1n) is 4.68. The van der Waals surface area contributed by atoms with Gasteiger partial charge in [0.05, 0.1) is 6.10 Å². The number of hydrogen-bond donors (Lipinski definition) is 1. The van der Waals surface area contributed by atoms with E-state index in [1.165, 1.54) is 19.3 Å². The maximum absolute atomic E-state index is 5.70. The van der Waals surface area contributed by atoms with Crippen LogP contribution in [0.1, 0.15) is 19.3 Å². The van der Waals surface area contributed by atoms with Crippen molar-refractivity contribution in [1.82, 2.24) is 5.32 Å². The van der Waals surface area contributed by atoms with Gasteiger partial charge in [0, 0.05) is 13.2 Å². The average molecular weight is 155 g/mol. The zero-order chi connectivity index (χ0) is 7.68. The summed E-state index contributed by atoms with van der Waals surface area (Å²) < 4.78 is 5.70. The molecule has 2 unspecified atom stereocenters. The van der Waals surface area contributed by atoms with E-state index in [1.54, 1.807) is 0 Å². The Morgan fingerprint density at radius 1 is 1.36 bits per heavy atom. The van der Waals surface area contributed by atoms with Gasteiger partial charge in [-0.2, -0.15) is 0 Å². The molecular weight excluding hydrogens is 138 g/mol. The smallest absolute Gasteiger partial charge is 0.0644 e. The summed E-state index contributed by atoms with van der Waals surface area (Å²) in [4.78, 5) is 0. The Kier molecular flexibility index (Phi) is 2.14. The summed E-state index contributed by atoms with van der Waals surface area (Å²) in [5.74, 6) is 1.71. The summed E-state index contributed by atoms with van der Waals surface area (Å²) in [6.07, 6.45) is 4.68. The predicted octanol–water partition coefficient (Wildman–Crippen LogP) is 1.02. The standard InChI is InChI=1S/C9H17NO/c1-10-6-8-4-5-11-9(8)7-2-3-7/h7-10H,2-6H2,1H3. The second-order valence-electron chi connectivity index (χ2n) is 3.78. The lowest BCUT2D eigenvalue weighted by molar-refractivity contribution is 0.0731. The van der Waals surface area contributed by atoms with Gasteiger partial charge in [-0.25, -0.2) is 0 Å². The van der Waals surface area contributed by atoms with Crippen molar-refractivity contribution in [3.05, 3.63) is 0 Å². The Labute approximate surface area is 68.3 Å². The third kappa shape index (κ3) is 1.57. The fourth-order valence-corrected chi connectivity index (χ4v) is 2.08. The molecule has 1 aliphatic heterocycles. The van der Waals surface area contributed by atoms with E-state index in [-0.39, 0.29) is 0 Å². The Morgan fingerprint density at radius 2 is 2.18 bits per heavy atom. The molecule has 1 heterocycles. The molecule has 2 fully saturated rings. The first-order valence-corrected chi connectivity index (χ1v) is 4.68. The molecule has 1 saturated carbocycles. The molecule has 2 aliphatic rings. The van der Waals surface area contributed by atoms with Gasteiger partial charge in [-0.1, -0.05) is 0 Å². The van der Waals surface area contributed by atoms with Gasteiger partial charge in [-0.05, 0) is 38.1 Å². The minimum absolute atomic E-state index is 0.599. The Balaban J connectivity index is 1.85. The largest absolute Gasteiger partial charge is 0.378 e. The summed E-state index contributed by atoms with van der Waals surface area (Å²) in [5, 5.41) is 3.24. The van der Waals surface area contributed by atoms with Gasteiger partial charge in [-0.3, -0.25) is 0 Å². The lowest BCUT2D eigenvalue weighted by atomic mass is 9.98. The quantitative estimate of drug-likeness (QED) is 0.657. The molecule has 2 nitrogen and oxygen atoms in total. The van der Waals surface area contributed by atoms with Crippen LogP contribution in [0.4, 0.5) is 0 Å². The SMILES string of the molecule is CNCC1CCOC1C1CC1. The van der Waals surface area contributed by atoms with Crippen molar-refractivity contribution in [3.8, 4) is 0 Å². The minimum atomic E-state index is 0.599. The van der Waals surface area contributed by atoms with Crippen LogP contribution in [0.2, 0.25) is 0 Å². The second-order valence-corrected chi connectivity index (χ2v) is 3.78. The summed E-state index contributed by atoms with van der Waals surface area (Å²) >= 11 is 0. The lowest BCUT2D eigenvalue weighted by Crippen LogP contribution is -2.27. The Bertz CT molecular complexity index is 134. The first-order chi connectivity index (χ1) is 5.42. The zero-order valence-electron chi connectivity index (χ0n) is 7.18. The Morgan fingerprint density at radius 3 is 2.82 bits per heavy atom. The molecule has 1 saturated heterocycles. The van der Waals surface area contributed by atoms with E-state index < -0.39 is 0 Å². The van der Waals surface area contributed by atoms with Crippen LogP contribution in [0.5, 0.6) is 0 Å². The molecule has 2 heteroatoms. The monoisotopic (exact) mass is 155 g/mol. The first kappa shape index (κ1) is 7.56. The summed E-state index contributed by atoms with van der Waals surface area (Å²) in [7, 11) is 2.03. The molecule has 0 aromatic rings. The molecular formula is C9H17NO. The second kappa shape index (κ2) is 3.11. The fourth-order valence-electron chi connectivity index (χ4n) is 2.08. The molecule has 11 heavy (non-hydrogen) atoms. The van der Waals surface area contributed by atoms with E-state index in [0.29, 0.717) is 6.10 Å². The van der Waals surface area contributed by atoms with Crippen molar-refractivity contribution in [3.63, 3.8) is 0 Å². The van der Waals surface area contributed by atoms with Crippen LogP contribution in [0.3, 0.4) is 0 Å². The van der Waals surface area contributed by atoms with Gasteiger partial charge < -0.3 is 10.1 Å². The van der Waals surface area contributed by atoms with E-state index in [4.69, 9.17) is 4.74 Å². The maximum atomic E-state index is 5.70. The van der Waals surface area contributed by atoms with Crippen molar-refractivity contribution in [2.45, 2.75) is 25.4 Å². The van der Waals surface area contributed by atoms with Crippen LogP contribution in [0.25, 0.3) is 0 Å². The number of rotatable bonds is 3. The van der Waals surface area contributed by atoms with Crippen molar-refractivity contribution >= 4 is 0 Å². The molecule has 0 aromatic carbocycles. The average Bonchev–Trinajstić information content (AvgIpc) is 2.75. The highest BCUT2D eigenvalue weighted by molar-refractivity contribution is 4.90. The number of nitrogens with one attached hydrogen (secondary N) is 1. The topological polar surface area (TPSA) is 21.3 Å². The van der Waals surface area contributed by atoms with Gasteiger partial charge >= 0.3 is 0 Å². The fraction of sp³-hybridized carbons (Fsp3) is 1.00. The van der Waals surface area contributed by atoms with E-state index in [1.807, 2.05) is 7.05 Å². The molecule has 1 aliphatic carbocycles. The molecule has 0 amide bonds. The third-order valence-corrected chi connectivity index (χ3v) is 2.82. The van der Waals surface area contributed by atoms with Crippen LogP contribution in [0, 0.1) is 11.8 Å². The third-order valence-electron chi connectivity index (χ3n) is 2.82. The van der Waals surface area contributed by atoms with E-state index in [0.717, 1.165) is 25.0 Å². The van der Waals surface area contributed by atoms with Crippen LogP contribution in [-0.2, 0) is 4.74 Å². The molecule has 0 bridgehead atoms. The van der Waals surface area contributed by atoms with Gasteiger partial charge in [0.1, 0.15) is 0 Å². The molecule has 64 valence electrons. The highest BCUT2D eigenvalue weighted by atomic mass is 16.5. The predicted molar refractivity (Wildman–Crippen MR) is 44.5 cm³/mol. The highest BCUT2D eigenvalue weighted by Crippen LogP contribution is 2.41. The summed E-state index contributed by atoms with van der Waals surface area (Å²) in [5.41, 5.74) is 0.